The highest BCUT2D eigenvalue weighted by molar-refractivity contribution is 6.15. The smallest absolute Gasteiger partial charge is 0.308 e. The van der Waals surface area contributed by atoms with E-state index in [2.05, 4.69) is 162 Å². The number of hydrogen-bond donors (Lipinski definition) is 0. The zero-order valence-corrected chi connectivity index (χ0v) is 49.0. The Kier molecular flexibility index (Phi) is 13.2. The second-order valence-corrected chi connectivity index (χ2v) is 23.5. The number of hydrogen-bond acceptors (Lipinski definition) is 1. The number of nitrogens with zero attached hydrogens (tertiary/aromatic N) is 3. The van der Waals surface area contributed by atoms with Gasteiger partial charge in [-0.25, -0.2) is 0 Å². The number of aryl methyl sites for hydroxylation is 12. The summed E-state index contributed by atoms with van der Waals surface area (Å²) in [6, 6.07) is 49.0. The zero-order chi connectivity index (χ0) is 59.7. The first-order chi connectivity index (χ1) is 39.8. The van der Waals surface area contributed by atoms with E-state index in [1.165, 1.54) is 0 Å². The van der Waals surface area contributed by atoms with Crippen molar-refractivity contribution in [3.8, 4) is 73.1 Å². The van der Waals surface area contributed by atoms with E-state index in [0.29, 0.717) is 22.1 Å². The fourth-order valence-electron chi connectivity index (χ4n) is 14.2. The summed E-state index contributed by atoms with van der Waals surface area (Å²) in [5.41, 5.74) is 20.7. The van der Waals surface area contributed by atoms with Crippen LogP contribution in [0.4, 0.5) is 26.3 Å². The Bertz CT molecular complexity index is 4260. The third-order valence-corrected chi connectivity index (χ3v) is 17.0. The van der Waals surface area contributed by atoms with Gasteiger partial charge in [0.05, 0.1) is 56.2 Å². The highest BCUT2D eigenvalue weighted by Crippen LogP contribution is 2.50. The lowest BCUT2D eigenvalue weighted by Gasteiger charge is -2.24. The van der Waals surface area contributed by atoms with Crippen LogP contribution in [0.2, 0.25) is 0 Å². The fourth-order valence-corrected chi connectivity index (χ4v) is 14.2. The van der Waals surface area contributed by atoms with Crippen molar-refractivity contribution in [1.82, 2.24) is 9.13 Å². The van der Waals surface area contributed by atoms with Crippen molar-refractivity contribution in [2.24, 2.45) is 0 Å². The summed E-state index contributed by atoms with van der Waals surface area (Å²) in [6.45, 7) is 24.9. The molecule has 0 unspecified atom stereocenters. The van der Waals surface area contributed by atoms with E-state index in [1.807, 2.05) is 57.7 Å². The Labute approximate surface area is 485 Å². The summed E-state index contributed by atoms with van der Waals surface area (Å²) in [6.07, 6.45) is -10.4. The van der Waals surface area contributed by atoms with Gasteiger partial charge in [0.2, 0.25) is 0 Å². The van der Waals surface area contributed by atoms with E-state index in [-0.39, 0.29) is 28.6 Å². The lowest BCUT2D eigenvalue weighted by molar-refractivity contribution is -0.142. The van der Waals surface area contributed by atoms with Gasteiger partial charge in [0.15, 0.2) is 0 Å². The third-order valence-electron chi connectivity index (χ3n) is 17.0. The monoisotopic (exact) mass is 1120 g/mol. The molecule has 418 valence electrons. The Balaban J connectivity index is 1.26. The first-order valence-corrected chi connectivity index (χ1v) is 28.2. The van der Waals surface area contributed by atoms with Crippen LogP contribution in [-0.2, 0) is 12.4 Å². The van der Waals surface area contributed by atoms with Crippen LogP contribution in [0.1, 0.15) is 83.5 Å². The van der Waals surface area contributed by atoms with Gasteiger partial charge in [-0.2, -0.15) is 31.6 Å². The number of alkyl halides is 6. The van der Waals surface area contributed by atoms with E-state index in [9.17, 15) is 18.4 Å². The molecule has 0 amide bonds. The maximum Gasteiger partial charge on any atom is 0.417 e. The molecule has 0 radical (unpaired) electrons. The van der Waals surface area contributed by atoms with Crippen molar-refractivity contribution in [1.29, 1.82) is 5.26 Å². The maximum absolute atomic E-state index is 16.2. The first kappa shape index (κ1) is 55.4. The molecular formula is C75H61F6N3. The van der Waals surface area contributed by atoms with Crippen LogP contribution < -0.4 is 0 Å². The summed E-state index contributed by atoms with van der Waals surface area (Å²) in [4.78, 5) is 0. The van der Waals surface area contributed by atoms with Crippen LogP contribution in [-0.4, -0.2) is 9.13 Å². The number of benzene rings is 10. The number of halogens is 6. The summed E-state index contributed by atoms with van der Waals surface area (Å²) in [7, 11) is 0. The molecule has 0 aliphatic carbocycles. The van der Waals surface area contributed by atoms with Gasteiger partial charge in [-0.1, -0.05) is 101 Å². The van der Waals surface area contributed by atoms with Gasteiger partial charge in [0.25, 0.3) is 0 Å². The molecule has 2 heterocycles. The molecule has 0 N–H and O–H groups in total. The minimum Gasteiger partial charge on any atom is -0.308 e. The maximum atomic E-state index is 16.2. The molecule has 9 heteroatoms. The molecule has 84 heavy (non-hydrogen) atoms. The summed E-state index contributed by atoms with van der Waals surface area (Å²) >= 11 is 0. The molecule has 10 aromatic carbocycles. The predicted molar refractivity (Wildman–Crippen MR) is 334 cm³/mol. The number of rotatable bonds is 7. The SMILES string of the molecule is Cc1cc(C)c(-c2ccc3c(c2)c2cc(-c4c(C)cc(C)cc4C)ccc2n3-c2cc(C#N)cc(-n3c4ccc(-c5c(C)cc(C)cc5C)cc4c4cc(-c5c(C)cc(C)cc5C)ccc43)c2-c2ccc(C(F)(F)F)cc2C(F)(F)F)c(C)c1. The fraction of sp³-hybridized carbons (Fsp3) is 0.187. The standard InChI is InChI=1S/C75H61F6N3/c1-39-23-43(5)69(44(6)24-39)52-13-19-63-58(33-52)59-34-53(70-45(7)25-40(2)26-46(70)8)14-20-64(59)83(63)67-31-51(38-82)32-68(73(67)57-18-17-56(74(76,77)78)37-62(57)75(79,80)81)84-65-21-15-54(71-47(9)27-41(3)28-48(71)10)35-60(65)61-36-55(16-22-66(61)84)72-49(11)29-42(4)30-50(72)12/h13-37H,1-12H3. The highest BCUT2D eigenvalue weighted by atomic mass is 19.4. The molecule has 0 bridgehead atoms. The minimum absolute atomic E-state index is 0.0140. The molecule has 12 aromatic rings. The van der Waals surface area contributed by atoms with Crippen LogP contribution in [0, 0.1) is 94.4 Å². The van der Waals surface area contributed by atoms with Crippen LogP contribution in [0.15, 0.2) is 152 Å². The van der Waals surface area contributed by atoms with Crippen molar-refractivity contribution in [3.63, 3.8) is 0 Å². The van der Waals surface area contributed by atoms with Crippen molar-refractivity contribution >= 4 is 43.6 Å². The summed E-state index contributed by atoms with van der Waals surface area (Å²) < 4.78 is 96.6. The number of nitriles is 1. The van der Waals surface area contributed by atoms with E-state index in [1.54, 1.807) is 12.1 Å². The van der Waals surface area contributed by atoms with Crippen LogP contribution in [0.3, 0.4) is 0 Å². The van der Waals surface area contributed by atoms with Gasteiger partial charge < -0.3 is 9.13 Å². The number of aromatic nitrogens is 2. The van der Waals surface area contributed by atoms with Crippen molar-refractivity contribution < 1.29 is 26.3 Å². The molecule has 0 spiro atoms. The van der Waals surface area contributed by atoms with Gasteiger partial charge in [0, 0.05) is 27.1 Å². The van der Waals surface area contributed by atoms with Gasteiger partial charge >= 0.3 is 12.4 Å². The summed E-state index contributed by atoms with van der Waals surface area (Å²) in [5, 5.41) is 14.5. The van der Waals surface area contributed by atoms with E-state index < -0.39 is 29.0 Å². The van der Waals surface area contributed by atoms with Crippen molar-refractivity contribution in [2.75, 3.05) is 0 Å². The molecule has 0 aliphatic rings. The lowest BCUT2D eigenvalue weighted by Crippen LogP contribution is -2.14. The Morgan fingerprint density at radius 2 is 0.607 bits per heavy atom. The van der Waals surface area contributed by atoms with E-state index in [0.717, 1.165) is 145 Å². The van der Waals surface area contributed by atoms with Crippen LogP contribution >= 0.6 is 0 Å². The molecule has 0 saturated heterocycles. The molecule has 0 aliphatic heterocycles. The average molecular weight is 1120 g/mol. The molecule has 3 nitrogen and oxygen atoms in total. The van der Waals surface area contributed by atoms with E-state index >= 15 is 13.2 Å². The average Bonchev–Trinajstić information content (AvgIpc) is 1.66. The highest BCUT2D eigenvalue weighted by Gasteiger charge is 2.40. The second-order valence-electron chi connectivity index (χ2n) is 23.5. The molecule has 0 atom stereocenters. The van der Waals surface area contributed by atoms with Crippen LogP contribution in [0.5, 0.6) is 0 Å². The Morgan fingerprint density at radius 1 is 0.321 bits per heavy atom. The van der Waals surface area contributed by atoms with Crippen molar-refractivity contribution in [3.05, 3.63) is 235 Å². The lowest BCUT2D eigenvalue weighted by atomic mass is 9.91. The molecule has 2 aromatic heterocycles. The molecular weight excluding hydrogens is 1060 g/mol. The van der Waals surface area contributed by atoms with Gasteiger partial charge in [-0.15, -0.1) is 0 Å². The third kappa shape index (κ3) is 9.24. The minimum atomic E-state index is -5.27. The van der Waals surface area contributed by atoms with Gasteiger partial charge in [-0.05, 0) is 250 Å². The van der Waals surface area contributed by atoms with Gasteiger partial charge in [0.1, 0.15) is 0 Å². The zero-order valence-electron chi connectivity index (χ0n) is 49.0. The molecule has 12 rings (SSSR count). The topological polar surface area (TPSA) is 33.6 Å². The van der Waals surface area contributed by atoms with Gasteiger partial charge in [-0.3, -0.25) is 0 Å². The largest absolute Gasteiger partial charge is 0.417 e. The Hall–Kier alpha value is -9.13. The van der Waals surface area contributed by atoms with E-state index in [4.69, 9.17) is 0 Å². The van der Waals surface area contributed by atoms with Crippen molar-refractivity contribution in [2.45, 2.75) is 95.4 Å². The normalized spacial score (nSPS) is 12.2. The molecule has 0 saturated carbocycles. The Morgan fingerprint density at radius 3 is 0.857 bits per heavy atom. The number of fused-ring (bicyclic) bond motifs is 6. The quantitative estimate of drug-likeness (QED) is 0.146. The van der Waals surface area contributed by atoms with Crippen LogP contribution in [0.25, 0.3) is 111 Å². The predicted octanol–water partition coefficient (Wildman–Crippen LogP) is 21.8. The second kappa shape index (κ2) is 20.1. The summed E-state index contributed by atoms with van der Waals surface area (Å²) in [5.74, 6) is 0. The molecule has 0 fully saturated rings. The first-order valence-electron chi connectivity index (χ1n) is 28.2.